The van der Waals surface area contributed by atoms with Crippen LogP contribution in [0.5, 0.6) is 0 Å². The fourth-order valence-electron chi connectivity index (χ4n) is 2.59. The van der Waals surface area contributed by atoms with Crippen LogP contribution in [0.1, 0.15) is 29.8 Å². The number of carbonyl (C=O) groups excluding carboxylic acids is 2. The molecule has 1 fully saturated rings. The molecule has 1 aliphatic heterocycles. The molecule has 0 saturated carbocycles. The highest BCUT2D eigenvalue weighted by atomic mass is 19.1. The van der Waals surface area contributed by atoms with Gasteiger partial charge in [0.25, 0.3) is 5.91 Å². The Balaban J connectivity index is 1.82. The molecule has 6 heteroatoms. The molecule has 0 aromatic heterocycles. The van der Waals surface area contributed by atoms with E-state index in [9.17, 15) is 14.0 Å². The van der Waals surface area contributed by atoms with Crippen LogP contribution in [-0.2, 0) is 4.79 Å². The lowest BCUT2D eigenvalue weighted by Crippen LogP contribution is -2.51. The van der Waals surface area contributed by atoms with Crippen molar-refractivity contribution in [3.8, 4) is 0 Å². The molecule has 2 rings (SSSR count). The third-order valence-electron chi connectivity index (χ3n) is 4.15. The van der Waals surface area contributed by atoms with E-state index in [0.29, 0.717) is 56.3 Å². The summed E-state index contributed by atoms with van der Waals surface area (Å²) in [6, 6.07) is 4.58. The SMILES string of the molecule is Cc1ccc(C(=O)N2CCN(CC(=O)NCC(C)C)CC2)cc1F. The number of aryl methyl sites for hydroxylation is 1. The molecule has 0 spiro atoms. The van der Waals surface area contributed by atoms with Crippen molar-refractivity contribution >= 4 is 11.8 Å². The Bertz CT molecular complexity index is 596. The van der Waals surface area contributed by atoms with Gasteiger partial charge in [0.2, 0.25) is 5.91 Å². The van der Waals surface area contributed by atoms with Gasteiger partial charge in [0.15, 0.2) is 0 Å². The number of benzene rings is 1. The quantitative estimate of drug-likeness (QED) is 0.890. The van der Waals surface area contributed by atoms with Crippen LogP contribution in [-0.4, -0.2) is 60.9 Å². The number of nitrogens with zero attached hydrogens (tertiary/aromatic N) is 2. The lowest BCUT2D eigenvalue weighted by atomic mass is 10.1. The normalized spacial score (nSPS) is 15.6. The van der Waals surface area contributed by atoms with E-state index in [1.54, 1.807) is 24.0 Å². The lowest BCUT2D eigenvalue weighted by molar-refractivity contribution is -0.122. The van der Waals surface area contributed by atoms with Crippen LogP contribution < -0.4 is 5.32 Å². The van der Waals surface area contributed by atoms with Gasteiger partial charge in [-0.2, -0.15) is 0 Å². The van der Waals surface area contributed by atoms with Gasteiger partial charge in [0.1, 0.15) is 5.82 Å². The minimum Gasteiger partial charge on any atom is -0.355 e. The second-order valence-electron chi connectivity index (χ2n) is 6.73. The molecule has 0 atom stereocenters. The maximum absolute atomic E-state index is 13.6. The van der Waals surface area contributed by atoms with Crippen molar-refractivity contribution in [1.29, 1.82) is 0 Å². The summed E-state index contributed by atoms with van der Waals surface area (Å²) in [5.41, 5.74) is 0.907. The molecule has 0 unspecified atom stereocenters. The van der Waals surface area contributed by atoms with Crippen molar-refractivity contribution in [3.05, 3.63) is 35.1 Å². The lowest BCUT2D eigenvalue weighted by Gasteiger charge is -2.34. The molecule has 5 nitrogen and oxygen atoms in total. The Morgan fingerprint density at radius 2 is 1.88 bits per heavy atom. The van der Waals surface area contributed by atoms with E-state index >= 15 is 0 Å². The molecule has 24 heavy (non-hydrogen) atoms. The molecule has 1 saturated heterocycles. The molecule has 1 N–H and O–H groups in total. The molecule has 0 aliphatic carbocycles. The molecule has 1 heterocycles. The highest BCUT2D eigenvalue weighted by Crippen LogP contribution is 2.13. The van der Waals surface area contributed by atoms with Gasteiger partial charge in [-0.25, -0.2) is 4.39 Å². The fraction of sp³-hybridized carbons (Fsp3) is 0.556. The fourth-order valence-corrected chi connectivity index (χ4v) is 2.59. The zero-order chi connectivity index (χ0) is 17.7. The smallest absolute Gasteiger partial charge is 0.254 e. The maximum atomic E-state index is 13.6. The highest BCUT2D eigenvalue weighted by Gasteiger charge is 2.23. The molecule has 1 aliphatic rings. The second-order valence-corrected chi connectivity index (χ2v) is 6.73. The summed E-state index contributed by atoms with van der Waals surface area (Å²) in [5, 5.41) is 2.90. The van der Waals surface area contributed by atoms with Crippen LogP contribution in [0.4, 0.5) is 4.39 Å². The van der Waals surface area contributed by atoms with Crippen LogP contribution >= 0.6 is 0 Å². The van der Waals surface area contributed by atoms with Crippen LogP contribution in [0.2, 0.25) is 0 Å². The summed E-state index contributed by atoms with van der Waals surface area (Å²) in [7, 11) is 0. The molecule has 0 radical (unpaired) electrons. The third-order valence-corrected chi connectivity index (χ3v) is 4.15. The summed E-state index contributed by atoms with van der Waals surface area (Å²) in [6.07, 6.45) is 0. The number of amides is 2. The number of piperazine rings is 1. The molecular formula is C18H26FN3O2. The van der Waals surface area contributed by atoms with Crippen molar-refractivity contribution in [2.45, 2.75) is 20.8 Å². The van der Waals surface area contributed by atoms with E-state index in [-0.39, 0.29) is 17.6 Å². The topological polar surface area (TPSA) is 52.7 Å². The van der Waals surface area contributed by atoms with Gasteiger partial charge in [-0.3, -0.25) is 14.5 Å². The van der Waals surface area contributed by atoms with Crippen LogP contribution in [0.15, 0.2) is 18.2 Å². The average molecular weight is 335 g/mol. The Morgan fingerprint density at radius 1 is 1.21 bits per heavy atom. The van der Waals surface area contributed by atoms with Gasteiger partial charge in [0, 0.05) is 38.3 Å². The molecule has 0 bridgehead atoms. The average Bonchev–Trinajstić information content (AvgIpc) is 2.55. The maximum Gasteiger partial charge on any atom is 0.254 e. The molecular weight excluding hydrogens is 309 g/mol. The number of halogens is 1. The summed E-state index contributed by atoms with van der Waals surface area (Å²) in [6.45, 7) is 9.20. The van der Waals surface area contributed by atoms with E-state index in [1.807, 2.05) is 4.90 Å². The van der Waals surface area contributed by atoms with E-state index in [0.717, 1.165) is 0 Å². The molecule has 132 valence electrons. The van der Waals surface area contributed by atoms with Crippen molar-refractivity contribution in [2.75, 3.05) is 39.3 Å². The van der Waals surface area contributed by atoms with Gasteiger partial charge >= 0.3 is 0 Å². The number of hydrogen-bond donors (Lipinski definition) is 1. The zero-order valence-electron chi connectivity index (χ0n) is 14.6. The van der Waals surface area contributed by atoms with Gasteiger partial charge < -0.3 is 10.2 Å². The molecule has 2 amide bonds. The summed E-state index contributed by atoms with van der Waals surface area (Å²) < 4.78 is 13.6. The first-order chi connectivity index (χ1) is 11.4. The van der Waals surface area contributed by atoms with E-state index in [1.165, 1.54) is 6.07 Å². The van der Waals surface area contributed by atoms with Crippen LogP contribution in [0.25, 0.3) is 0 Å². The van der Waals surface area contributed by atoms with Gasteiger partial charge in [0.05, 0.1) is 6.54 Å². The number of nitrogens with one attached hydrogen (secondary N) is 1. The van der Waals surface area contributed by atoms with Gasteiger partial charge in [-0.15, -0.1) is 0 Å². The van der Waals surface area contributed by atoms with Crippen molar-refractivity contribution < 1.29 is 14.0 Å². The number of rotatable bonds is 5. The Labute approximate surface area is 142 Å². The predicted molar refractivity (Wildman–Crippen MR) is 91.3 cm³/mol. The van der Waals surface area contributed by atoms with E-state index in [4.69, 9.17) is 0 Å². The summed E-state index contributed by atoms with van der Waals surface area (Å²) in [4.78, 5) is 28.0. The first kappa shape index (κ1) is 18.4. The Hall–Kier alpha value is -1.95. The minimum absolute atomic E-state index is 0.0177. The Kier molecular flexibility index (Phi) is 6.31. The van der Waals surface area contributed by atoms with Crippen molar-refractivity contribution in [3.63, 3.8) is 0 Å². The first-order valence-electron chi connectivity index (χ1n) is 8.41. The molecule has 1 aromatic rings. The van der Waals surface area contributed by atoms with Gasteiger partial charge in [-0.05, 0) is 30.5 Å². The first-order valence-corrected chi connectivity index (χ1v) is 8.41. The monoisotopic (exact) mass is 335 g/mol. The number of carbonyl (C=O) groups is 2. The Morgan fingerprint density at radius 3 is 2.46 bits per heavy atom. The van der Waals surface area contributed by atoms with E-state index < -0.39 is 0 Å². The van der Waals surface area contributed by atoms with Crippen molar-refractivity contribution in [2.24, 2.45) is 5.92 Å². The number of hydrogen-bond acceptors (Lipinski definition) is 3. The minimum atomic E-state index is -0.360. The largest absolute Gasteiger partial charge is 0.355 e. The van der Waals surface area contributed by atoms with Gasteiger partial charge in [-0.1, -0.05) is 19.9 Å². The highest BCUT2D eigenvalue weighted by molar-refractivity contribution is 5.94. The summed E-state index contributed by atoms with van der Waals surface area (Å²) in [5.74, 6) is -0.0680. The second kappa shape index (κ2) is 8.24. The predicted octanol–water partition coefficient (Wildman–Crippen LogP) is 1.66. The van der Waals surface area contributed by atoms with Crippen molar-refractivity contribution in [1.82, 2.24) is 15.1 Å². The zero-order valence-corrected chi connectivity index (χ0v) is 14.6. The van der Waals surface area contributed by atoms with Crippen LogP contribution in [0.3, 0.4) is 0 Å². The van der Waals surface area contributed by atoms with E-state index in [2.05, 4.69) is 19.2 Å². The molecule has 1 aromatic carbocycles. The third kappa shape index (κ3) is 5.03. The standard InChI is InChI=1S/C18H26FN3O2/c1-13(2)11-20-17(23)12-21-6-8-22(9-7-21)18(24)15-5-4-14(3)16(19)10-15/h4-5,10,13H,6-9,11-12H2,1-3H3,(H,20,23). The van der Waals surface area contributed by atoms with Crippen LogP contribution in [0, 0.1) is 18.7 Å². The summed E-state index contributed by atoms with van der Waals surface area (Å²) >= 11 is 0.